The van der Waals surface area contributed by atoms with Crippen LogP contribution >= 0.6 is 0 Å². The van der Waals surface area contributed by atoms with Crippen molar-refractivity contribution in [3.8, 4) is 11.3 Å². The molecule has 0 N–H and O–H groups in total. The lowest BCUT2D eigenvalue weighted by Crippen LogP contribution is -2.30. The Balaban J connectivity index is 2.06. The second kappa shape index (κ2) is 5.59. The number of rotatable bonds is 2. The molecule has 1 saturated heterocycles. The summed E-state index contributed by atoms with van der Waals surface area (Å²) in [5, 5.41) is 0. The average Bonchev–Trinajstić information content (AvgIpc) is 2.51. The summed E-state index contributed by atoms with van der Waals surface area (Å²) >= 11 is 0. The largest absolute Gasteiger partial charge is 0.358 e. The predicted octanol–water partition coefficient (Wildman–Crippen LogP) is 2.92. The van der Waals surface area contributed by atoms with Crippen molar-refractivity contribution >= 4 is 0 Å². The molecule has 1 atom stereocenters. The fourth-order valence-electron chi connectivity index (χ4n) is 2.54. The maximum absolute atomic E-state index is 12.3. The average molecular weight is 270 g/mol. The van der Waals surface area contributed by atoms with Gasteiger partial charge in [0.2, 0.25) is 0 Å². The zero-order chi connectivity index (χ0) is 13.9. The monoisotopic (exact) mass is 270 g/mol. The van der Waals surface area contributed by atoms with E-state index in [0.29, 0.717) is 5.69 Å². The van der Waals surface area contributed by atoms with E-state index in [1.54, 1.807) is 11.5 Å². The van der Waals surface area contributed by atoms with Crippen LogP contribution in [0.3, 0.4) is 0 Å². The van der Waals surface area contributed by atoms with Crippen LogP contribution in [0.2, 0.25) is 0 Å². The summed E-state index contributed by atoms with van der Waals surface area (Å²) < 4.78 is 7.42. The molecule has 3 rings (SSSR count). The highest BCUT2D eigenvalue weighted by Crippen LogP contribution is 2.23. The van der Waals surface area contributed by atoms with Gasteiger partial charge in [-0.3, -0.25) is 9.36 Å². The van der Waals surface area contributed by atoms with Gasteiger partial charge in [0.1, 0.15) is 11.9 Å². The number of aromatic nitrogens is 2. The van der Waals surface area contributed by atoms with Crippen molar-refractivity contribution < 1.29 is 4.74 Å². The van der Waals surface area contributed by atoms with Crippen LogP contribution in [0, 0.1) is 6.92 Å². The van der Waals surface area contributed by atoms with E-state index in [-0.39, 0.29) is 11.8 Å². The van der Waals surface area contributed by atoms with E-state index >= 15 is 0 Å². The second-order valence-electron chi connectivity index (χ2n) is 5.11. The van der Waals surface area contributed by atoms with Crippen molar-refractivity contribution in [1.82, 2.24) is 9.55 Å². The molecule has 0 radical (unpaired) electrons. The van der Waals surface area contributed by atoms with Gasteiger partial charge in [-0.15, -0.1) is 0 Å². The Kier molecular flexibility index (Phi) is 3.65. The van der Waals surface area contributed by atoms with E-state index in [1.165, 1.54) is 0 Å². The first-order valence-electron chi connectivity index (χ1n) is 7.02. The number of ether oxygens (including phenoxy) is 1. The molecule has 1 aromatic carbocycles. The fourth-order valence-corrected chi connectivity index (χ4v) is 2.54. The van der Waals surface area contributed by atoms with Crippen LogP contribution in [-0.4, -0.2) is 16.2 Å². The fraction of sp³-hybridized carbons (Fsp3) is 0.375. The van der Waals surface area contributed by atoms with Crippen molar-refractivity contribution in [2.75, 3.05) is 6.61 Å². The van der Waals surface area contributed by atoms with Crippen molar-refractivity contribution in [2.45, 2.75) is 32.4 Å². The van der Waals surface area contributed by atoms with E-state index in [9.17, 15) is 4.79 Å². The molecule has 1 fully saturated rings. The molecule has 1 aliphatic heterocycles. The zero-order valence-electron chi connectivity index (χ0n) is 11.6. The lowest BCUT2D eigenvalue weighted by Gasteiger charge is -2.25. The first-order valence-corrected chi connectivity index (χ1v) is 7.02. The quantitative estimate of drug-likeness (QED) is 0.842. The summed E-state index contributed by atoms with van der Waals surface area (Å²) in [6.45, 7) is 2.48. The topological polar surface area (TPSA) is 44.1 Å². The molecule has 0 spiro atoms. The molecule has 0 aliphatic carbocycles. The molecule has 0 saturated carbocycles. The van der Waals surface area contributed by atoms with Crippen LogP contribution in [0.25, 0.3) is 11.3 Å². The SMILES string of the molecule is Cc1nc(-c2ccccc2)cn(C2CCCCO2)c1=O. The molecular formula is C16H18N2O2. The molecule has 0 bridgehead atoms. The third-order valence-electron chi connectivity index (χ3n) is 3.63. The number of benzene rings is 1. The standard InChI is InChI=1S/C16H18N2O2/c1-12-16(19)18(15-9-5-6-10-20-15)11-14(17-12)13-7-3-2-4-8-13/h2-4,7-8,11,15H,5-6,9-10H2,1H3. The number of hydrogen-bond acceptors (Lipinski definition) is 3. The molecule has 4 nitrogen and oxygen atoms in total. The van der Waals surface area contributed by atoms with Gasteiger partial charge >= 0.3 is 0 Å². The molecule has 0 amide bonds. The van der Waals surface area contributed by atoms with Gasteiger partial charge in [0, 0.05) is 18.4 Å². The molecule has 20 heavy (non-hydrogen) atoms. The van der Waals surface area contributed by atoms with E-state index in [4.69, 9.17) is 4.74 Å². The second-order valence-corrected chi connectivity index (χ2v) is 5.11. The Bertz CT molecular complexity index is 643. The number of hydrogen-bond donors (Lipinski definition) is 0. The van der Waals surface area contributed by atoms with Gasteiger partial charge < -0.3 is 4.74 Å². The van der Waals surface area contributed by atoms with Gasteiger partial charge in [-0.1, -0.05) is 30.3 Å². The van der Waals surface area contributed by atoms with E-state index in [1.807, 2.05) is 36.5 Å². The summed E-state index contributed by atoms with van der Waals surface area (Å²) in [7, 11) is 0. The Morgan fingerprint density at radius 3 is 2.75 bits per heavy atom. The zero-order valence-corrected chi connectivity index (χ0v) is 11.6. The summed E-state index contributed by atoms with van der Waals surface area (Å²) in [6, 6.07) is 9.91. The van der Waals surface area contributed by atoms with Crippen LogP contribution in [0.15, 0.2) is 41.3 Å². The minimum Gasteiger partial charge on any atom is -0.358 e. The van der Waals surface area contributed by atoms with Crippen LogP contribution in [0.4, 0.5) is 0 Å². The molecule has 104 valence electrons. The minimum absolute atomic E-state index is 0.0587. The summed E-state index contributed by atoms with van der Waals surface area (Å²) in [5.41, 5.74) is 2.29. The third kappa shape index (κ3) is 2.51. The first kappa shape index (κ1) is 13.1. The van der Waals surface area contributed by atoms with Crippen LogP contribution in [0.5, 0.6) is 0 Å². The van der Waals surface area contributed by atoms with Crippen LogP contribution in [-0.2, 0) is 4.74 Å². The van der Waals surface area contributed by atoms with E-state index < -0.39 is 0 Å². The Labute approximate surface area is 118 Å². The molecule has 4 heteroatoms. The molecule has 2 aromatic rings. The Hall–Kier alpha value is -1.94. The van der Waals surface area contributed by atoms with E-state index in [0.717, 1.165) is 37.1 Å². The molecule has 1 aliphatic rings. The van der Waals surface area contributed by atoms with Gasteiger partial charge in [-0.2, -0.15) is 0 Å². The molecule has 1 aromatic heterocycles. The van der Waals surface area contributed by atoms with E-state index in [2.05, 4.69) is 4.98 Å². The Morgan fingerprint density at radius 1 is 1.25 bits per heavy atom. The molecule has 1 unspecified atom stereocenters. The summed E-state index contributed by atoms with van der Waals surface area (Å²) in [6.07, 6.45) is 4.72. The number of nitrogens with zero attached hydrogens (tertiary/aromatic N) is 2. The predicted molar refractivity (Wildman–Crippen MR) is 77.5 cm³/mol. The summed E-state index contributed by atoms with van der Waals surface area (Å²) in [4.78, 5) is 16.7. The lowest BCUT2D eigenvalue weighted by molar-refractivity contribution is -0.0342. The maximum Gasteiger partial charge on any atom is 0.274 e. The van der Waals surface area contributed by atoms with Crippen molar-refractivity contribution in [3.63, 3.8) is 0 Å². The van der Waals surface area contributed by atoms with Crippen LogP contribution < -0.4 is 5.56 Å². The highest BCUT2D eigenvalue weighted by molar-refractivity contribution is 5.57. The Morgan fingerprint density at radius 2 is 2.05 bits per heavy atom. The highest BCUT2D eigenvalue weighted by Gasteiger charge is 2.18. The van der Waals surface area contributed by atoms with Gasteiger partial charge in [0.15, 0.2) is 0 Å². The van der Waals surface area contributed by atoms with Gasteiger partial charge in [0.25, 0.3) is 5.56 Å². The highest BCUT2D eigenvalue weighted by atomic mass is 16.5. The molecule has 2 heterocycles. The van der Waals surface area contributed by atoms with Crippen molar-refractivity contribution in [3.05, 3.63) is 52.6 Å². The number of aryl methyl sites for hydroxylation is 1. The first-order chi connectivity index (χ1) is 9.75. The van der Waals surface area contributed by atoms with Gasteiger partial charge in [-0.05, 0) is 26.2 Å². The van der Waals surface area contributed by atoms with Crippen LogP contribution in [0.1, 0.15) is 31.2 Å². The minimum atomic E-state index is -0.152. The van der Waals surface area contributed by atoms with Gasteiger partial charge in [-0.25, -0.2) is 4.98 Å². The lowest BCUT2D eigenvalue weighted by atomic mass is 10.1. The maximum atomic E-state index is 12.3. The summed E-state index contributed by atoms with van der Waals surface area (Å²) in [5.74, 6) is 0. The molecular weight excluding hydrogens is 252 g/mol. The van der Waals surface area contributed by atoms with Crippen molar-refractivity contribution in [1.29, 1.82) is 0 Å². The van der Waals surface area contributed by atoms with Gasteiger partial charge in [0.05, 0.1) is 5.69 Å². The van der Waals surface area contributed by atoms with Crippen molar-refractivity contribution in [2.24, 2.45) is 0 Å². The third-order valence-corrected chi connectivity index (χ3v) is 3.63. The normalized spacial score (nSPS) is 18.9. The smallest absolute Gasteiger partial charge is 0.274 e.